The Kier molecular flexibility index (Phi) is 2.66. The molecule has 5 nitrogen and oxygen atoms in total. The minimum Gasteiger partial charge on any atom is -0.356 e. The molecular weight excluding hydrogens is 317 g/mol. The SMILES string of the molecule is Ic1[nH]nc2ncnc(N3CCCCC3)c12. The van der Waals surface area contributed by atoms with E-state index in [1.165, 1.54) is 19.3 Å². The van der Waals surface area contributed by atoms with Crippen molar-refractivity contribution in [2.75, 3.05) is 18.0 Å². The first-order valence-electron chi connectivity index (χ1n) is 5.46. The maximum atomic E-state index is 4.41. The van der Waals surface area contributed by atoms with E-state index in [1.807, 2.05) is 0 Å². The molecule has 0 radical (unpaired) electrons. The zero-order valence-electron chi connectivity index (χ0n) is 8.78. The van der Waals surface area contributed by atoms with Crippen LogP contribution in [-0.2, 0) is 0 Å². The number of aromatic amines is 1. The predicted molar refractivity (Wildman–Crippen MR) is 70.5 cm³/mol. The molecule has 1 N–H and O–H groups in total. The van der Waals surface area contributed by atoms with Crippen LogP contribution in [0.2, 0.25) is 0 Å². The van der Waals surface area contributed by atoms with Gasteiger partial charge in [-0.2, -0.15) is 5.10 Å². The normalized spacial score (nSPS) is 16.9. The highest BCUT2D eigenvalue weighted by molar-refractivity contribution is 14.1. The van der Waals surface area contributed by atoms with Crippen molar-refractivity contribution in [3.05, 3.63) is 10.0 Å². The molecule has 0 saturated carbocycles. The first kappa shape index (κ1) is 10.2. The zero-order valence-corrected chi connectivity index (χ0v) is 10.9. The topological polar surface area (TPSA) is 57.7 Å². The van der Waals surface area contributed by atoms with Crippen LogP contribution in [0.5, 0.6) is 0 Å². The summed E-state index contributed by atoms with van der Waals surface area (Å²) >= 11 is 2.25. The van der Waals surface area contributed by atoms with Crippen LogP contribution in [0, 0.1) is 3.70 Å². The van der Waals surface area contributed by atoms with Crippen molar-refractivity contribution in [3.8, 4) is 0 Å². The summed E-state index contributed by atoms with van der Waals surface area (Å²) in [5, 5.41) is 8.19. The van der Waals surface area contributed by atoms with Crippen LogP contribution in [0.4, 0.5) is 5.82 Å². The van der Waals surface area contributed by atoms with Crippen molar-refractivity contribution in [1.29, 1.82) is 0 Å². The van der Waals surface area contributed by atoms with Crippen LogP contribution >= 0.6 is 22.6 Å². The van der Waals surface area contributed by atoms with Gasteiger partial charge in [-0.05, 0) is 41.9 Å². The first-order chi connectivity index (χ1) is 7.86. The van der Waals surface area contributed by atoms with Gasteiger partial charge >= 0.3 is 0 Å². The molecule has 0 bridgehead atoms. The Hall–Kier alpha value is -0.920. The molecule has 1 aliphatic rings. The highest BCUT2D eigenvalue weighted by Gasteiger charge is 2.18. The highest BCUT2D eigenvalue weighted by Crippen LogP contribution is 2.27. The van der Waals surface area contributed by atoms with E-state index >= 15 is 0 Å². The third kappa shape index (κ3) is 1.64. The molecule has 16 heavy (non-hydrogen) atoms. The molecule has 0 amide bonds. The summed E-state index contributed by atoms with van der Waals surface area (Å²) in [4.78, 5) is 10.9. The molecule has 84 valence electrons. The second-order valence-electron chi connectivity index (χ2n) is 3.98. The van der Waals surface area contributed by atoms with Crippen molar-refractivity contribution in [3.63, 3.8) is 0 Å². The fourth-order valence-corrected chi connectivity index (χ4v) is 2.75. The van der Waals surface area contributed by atoms with Gasteiger partial charge < -0.3 is 4.90 Å². The van der Waals surface area contributed by atoms with Crippen LogP contribution in [0.25, 0.3) is 11.0 Å². The smallest absolute Gasteiger partial charge is 0.187 e. The van der Waals surface area contributed by atoms with Crippen molar-refractivity contribution in [2.45, 2.75) is 19.3 Å². The minimum absolute atomic E-state index is 0.764. The fraction of sp³-hybridized carbons (Fsp3) is 0.500. The molecule has 0 aliphatic carbocycles. The molecule has 1 fully saturated rings. The third-order valence-corrected chi connectivity index (χ3v) is 3.72. The lowest BCUT2D eigenvalue weighted by Crippen LogP contribution is -2.30. The molecular formula is C10H12IN5. The molecule has 3 rings (SSSR count). The lowest BCUT2D eigenvalue weighted by Gasteiger charge is -2.27. The molecule has 1 aliphatic heterocycles. The minimum atomic E-state index is 0.764. The number of hydrogen-bond acceptors (Lipinski definition) is 4. The second-order valence-corrected chi connectivity index (χ2v) is 5.06. The third-order valence-electron chi connectivity index (χ3n) is 2.94. The molecule has 0 unspecified atom stereocenters. The van der Waals surface area contributed by atoms with E-state index in [-0.39, 0.29) is 0 Å². The number of H-pyrrole nitrogens is 1. The largest absolute Gasteiger partial charge is 0.356 e. The number of rotatable bonds is 1. The van der Waals surface area contributed by atoms with E-state index in [1.54, 1.807) is 6.33 Å². The monoisotopic (exact) mass is 329 g/mol. The number of halogens is 1. The van der Waals surface area contributed by atoms with Crippen LogP contribution in [0.3, 0.4) is 0 Å². The van der Waals surface area contributed by atoms with Gasteiger partial charge in [0.15, 0.2) is 5.65 Å². The number of piperidine rings is 1. The van der Waals surface area contributed by atoms with Gasteiger partial charge in [-0.15, -0.1) is 0 Å². The number of aromatic nitrogens is 4. The summed E-state index contributed by atoms with van der Waals surface area (Å²) in [6, 6.07) is 0. The van der Waals surface area contributed by atoms with Gasteiger partial charge in [0.05, 0.1) is 5.39 Å². The van der Waals surface area contributed by atoms with E-state index < -0.39 is 0 Å². The molecule has 2 aromatic rings. The summed E-state index contributed by atoms with van der Waals surface area (Å²) in [6.07, 6.45) is 5.43. The molecule has 0 spiro atoms. The standard InChI is InChI=1S/C10H12IN5/c11-8-7-9(15-14-8)12-6-13-10(7)16-4-2-1-3-5-16/h6H,1-5H2,(H,12,13,14,15). The van der Waals surface area contributed by atoms with Gasteiger partial charge in [-0.25, -0.2) is 9.97 Å². The summed E-state index contributed by atoms with van der Waals surface area (Å²) in [5.74, 6) is 1.03. The fourth-order valence-electron chi connectivity index (χ4n) is 2.15. The van der Waals surface area contributed by atoms with Gasteiger partial charge in [0.1, 0.15) is 15.8 Å². The van der Waals surface area contributed by atoms with Gasteiger partial charge in [0.25, 0.3) is 0 Å². The van der Waals surface area contributed by atoms with E-state index in [0.717, 1.165) is 33.6 Å². The van der Waals surface area contributed by atoms with E-state index in [2.05, 4.69) is 47.7 Å². The van der Waals surface area contributed by atoms with Crippen molar-refractivity contribution in [2.24, 2.45) is 0 Å². The first-order valence-corrected chi connectivity index (χ1v) is 6.53. The lowest BCUT2D eigenvalue weighted by atomic mass is 10.1. The van der Waals surface area contributed by atoms with Crippen LogP contribution in [0.1, 0.15) is 19.3 Å². The van der Waals surface area contributed by atoms with Gasteiger partial charge in [-0.3, -0.25) is 5.10 Å². The predicted octanol–water partition coefficient (Wildman–Crippen LogP) is 1.95. The van der Waals surface area contributed by atoms with Gasteiger partial charge in [0.2, 0.25) is 0 Å². The van der Waals surface area contributed by atoms with E-state index in [9.17, 15) is 0 Å². The number of nitrogens with one attached hydrogen (secondary N) is 1. The van der Waals surface area contributed by atoms with Crippen LogP contribution < -0.4 is 4.90 Å². The molecule has 1 saturated heterocycles. The number of anilines is 1. The lowest BCUT2D eigenvalue weighted by molar-refractivity contribution is 0.574. The summed E-state index contributed by atoms with van der Waals surface area (Å²) < 4.78 is 1.02. The highest BCUT2D eigenvalue weighted by atomic mass is 127. The number of hydrogen-bond donors (Lipinski definition) is 1. The molecule has 6 heteroatoms. The van der Waals surface area contributed by atoms with Crippen molar-refractivity contribution in [1.82, 2.24) is 20.2 Å². The Morgan fingerprint density at radius 3 is 2.81 bits per heavy atom. The second kappa shape index (κ2) is 4.15. The average molecular weight is 329 g/mol. The maximum absolute atomic E-state index is 4.41. The Morgan fingerprint density at radius 2 is 2.00 bits per heavy atom. The molecule has 0 aromatic carbocycles. The number of nitrogens with zero attached hydrogens (tertiary/aromatic N) is 4. The quantitative estimate of drug-likeness (QED) is 0.813. The Labute approximate surface area is 107 Å². The van der Waals surface area contributed by atoms with Gasteiger partial charge in [0, 0.05) is 13.1 Å². The Morgan fingerprint density at radius 1 is 1.19 bits per heavy atom. The molecule has 2 aromatic heterocycles. The average Bonchev–Trinajstić information content (AvgIpc) is 2.73. The van der Waals surface area contributed by atoms with Crippen molar-refractivity contribution >= 4 is 39.4 Å². The summed E-state index contributed by atoms with van der Waals surface area (Å²) in [7, 11) is 0. The number of fused-ring (bicyclic) bond motifs is 1. The maximum Gasteiger partial charge on any atom is 0.187 e. The van der Waals surface area contributed by atoms with E-state index in [4.69, 9.17) is 0 Å². The zero-order chi connectivity index (χ0) is 11.0. The summed E-state index contributed by atoms with van der Waals surface area (Å²) in [6.45, 7) is 2.18. The Bertz CT molecular complexity index is 503. The Balaban J connectivity index is 2.10. The van der Waals surface area contributed by atoms with Gasteiger partial charge in [-0.1, -0.05) is 0 Å². The summed E-state index contributed by atoms with van der Waals surface area (Å²) in [5.41, 5.74) is 0.764. The van der Waals surface area contributed by atoms with E-state index in [0.29, 0.717) is 0 Å². The van der Waals surface area contributed by atoms with Crippen LogP contribution in [-0.4, -0.2) is 33.3 Å². The molecule has 3 heterocycles. The van der Waals surface area contributed by atoms with Crippen LogP contribution in [0.15, 0.2) is 6.33 Å². The molecule has 0 atom stereocenters. The van der Waals surface area contributed by atoms with Crippen molar-refractivity contribution < 1.29 is 0 Å².